The molecule has 0 amide bonds. The maximum Gasteiger partial charge on any atom is 0.256 e. The van der Waals surface area contributed by atoms with Gasteiger partial charge in [-0.1, -0.05) is 18.6 Å². The zero-order valence-electron chi connectivity index (χ0n) is 12.3. The molecular weight excluding hydrogens is 282 g/mol. The average molecular weight is 305 g/mol. The molecule has 114 valence electrons. The number of pyridine rings is 1. The summed E-state index contributed by atoms with van der Waals surface area (Å²) in [5.41, 5.74) is 1.27. The minimum atomic E-state index is 0.406. The highest BCUT2D eigenvalue weighted by molar-refractivity contribution is 7.80. The van der Waals surface area contributed by atoms with E-state index in [9.17, 15) is 0 Å². The third kappa shape index (κ3) is 5.44. The molecule has 1 saturated heterocycles. The molecule has 0 aromatic carbocycles. The van der Waals surface area contributed by atoms with E-state index in [0.29, 0.717) is 30.4 Å². The van der Waals surface area contributed by atoms with Crippen molar-refractivity contribution in [2.45, 2.75) is 37.8 Å². The second kappa shape index (κ2) is 8.74. The molecule has 0 radical (unpaired) electrons. The predicted octanol–water partition coefficient (Wildman–Crippen LogP) is 2.73. The van der Waals surface area contributed by atoms with Crippen LogP contribution in [0.3, 0.4) is 0 Å². The van der Waals surface area contributed by atoms with Crippen molar-refractivity contribution in [2.24, 2.45) is 0 Å². The molecule has 21 heavy (non-hydrogen) atoms. The Hall–Kier alpha value is -1.46. The first-order valence-corrected chi connectivity index (χ1v) is 7.88. The van der Waals surface area contributed by atoms with E-state index in [2.05, 4.69) is 28.3 Å². The van der Waals surface area contributed by atoms with Gasteiger partial charge in [0.15, 0.2) is 0 Å². The zero-order valence-corrected chi connectivity index (χ0v) is 13.1. The van der Waals surface area contributed by atoms with Crippen molar-refractivity contribution >= 4 is 17.4 Å². The topological polar surface area (TPSA) is 46.2 Å². The lowest BCUT2D eigenvalue weighted by atomic mass is 9.93. The fourth-order valence-electron chi connectivity index (χ4n) is 2.59. The van der Waals surface area contributed by atoms with E-state index in [4.69, 9.17) is 17.0 Å². The van der Waals surface area contributed by atoms with Crippen LogP contribution in [0.1, 0.15) is 37.3 Å². The Morgan fingerprint density at radius 3 is 3.24 bits per heavy atom. The predicted molar refractivity (Wildman–Crippen MR) is 89.1 cm³/mol. The van der Waals surface area contributed by atoms with Crippen LogP contribution in [-0.4, -0.2) is 29.4 Å². The number of aromatic nitrogens is 1. The summed E-state index contributed by atoms with van der Waals surface area (Å²) in [7, 11) is 0. The van der Waals surface area contributed by atoms with E-state index in [1.54, 1.807) is 6.08 Å². The molecule has 4 nitrogen and oxygen atoms in total. The minimum Gasteiger partial charge on any atom is -0.471 e. The maximum absolute atomic E-state index is 5.51. The van der Waals surface area contributed by atoms with Gasteiger partial charge in [-0.05, 0) is 43.1 Å². The highest BCUT2D eigenvalue weighted by Gasteiger charge is 2.22. The number of thiocarbonyl (C=S) groups is 1. The first-order chi connectivity index (χ1) is 10.3. The number of hydrogen-bond acceptors (Lipinski definition) is 4. The summed E-state index contributed by atoms with van der Waals surface area (Å²) in [6, 6.07) is 5.01. The second-order valence-electron chi connectivity index (χ2n) is 5.23. The summed E-state index contributed by atoms with van der Waals surface area (Å²) in [6.45, 7) is 4.91. The van der Waals surface area contributed by atoms with Crippen molar-refractivity contribution in [2.75, 3.05) is 13.2 Å². The fourth-order valence-corrected chi connectivity index (χ4v) is 2.76. The van der Waals surface area contributed by atoms with Gasteiger partial charge in [0.25, 0.3) is 5.17 Å². The SMILES string of the molecule is C=CCNC(=S)OCC[C@@H]1CCC[C@@H](c2cccnc2)N1. The van der Waals surface area contributed by atoms with E-state index in [0.717, 1.165) is 6.42 Å². The Bertz CT molecular complexity index is 452. The molecule has 1 fully saturated rings. The summed E-state index contributed by atoms with van der Waals surface area (Å²) in [6.07, 6.45) is 10.1. The van der Waals surface area contributed by atoms with Gasteiger partial charge in [-0.15, -0.1) is 6.58 Å². The number of piperidine rings is 1. The van der Waals surface area contributed by atoms with Crippen molar-refractivity contribution in [3.05, 3.63) is 42.7 Å². The van der Waals surface area contributed by atoms with Crippen LogP contribution >= 0.6 is 12.2 Å². The number of nitrogens with zero attached hydrogens (tertiary/aromatic N) is 1. The second-order valence-corrected chi connectivity index (χ2v) is 5.60. The van der Waals surface area contributed by atoms with Gasteiger partial charge in [-0.25, -0.2) is 0 Å². The summed E-state index contributed by atoms with van der Waals surface area (Å²) in [5, 5.41) is 7.11. The van der Waals surface area contributed by atoms with Crippen LogP contribution in [0.4, 0.5) is 0 Å². The number of ether oxygens (including phenoxy) is 1. The third-order valence-electron chi connectivity index (χ3n) is 3.66. The van der Waals surface area contributed by atoms with E-state index < -0.39 is 0 Å². The van der Waals surface area contributed by atoms with Crippen LogP contribution < -0.4 is 10.6 Å². The van der Waals surface area contributed by atoms with Gasteiger partial charge in [0.2, 0.25) is 0 Å². The lowest BCUT2D eigenvalue weighted by molar-refractivity contribution is 0.237. The molecule has 2 rings (SSSR count). The molecule has 1 aromatic rings. The number of nitrogens with one attached hydrogen (secondary N) is 2. The molecule has 2 atom stereocenters. The zero-order chi connectivity index (χ0) is 14.9. The average Bonchev–Trinajstić information content (AvgIpc) is 2.54. The van der Waals surface area contributed by atoms with Gasteiger partial charge in [0, 0.05) is 31.0 Å². The van der Waals surface area contributed by atoms with Crippen LogP contribution in [0.15, 0.2) is 37.2 Å². The van der Waals surface area contributed by atoms with E-state index in [1.165, 1.54) is 24.8 Å². The number of rotatable bonds is 6. The molecule has 0 bridgehead atoms. The van der Waals surface area contributed by atoms with Crippen molar-refractivity contribution in [3.8, 4) is 0 Å². The quantitative estimate of drug-likeness (QED) is 0.625. The smallest absolute Gasteiger partial charge is 0.256 e. The van der Waals surface area contributed by atoms with Crippen molar-refractivity contribution < 1.29 is 4.74 Å². The van der Waals surface area contributed by atoms with Crippen molar-refractivity contribution in [1.29, 1.82) is 0 Å². The number of hydrogen-bond donors (Lipinski definition) is 2. The van der Waals surface area contributed by atoms with Crippen LogP contribution in [0.25, 0.3) is 0 Å². The van der Waals surface area contributed by atoms with Crippen LogP contribution in [0.2, 0.25) is 0 Å². The first kappa shape index (κ1) is 15.9. The lowest BCUT2D eigenvalue weighted by Gasteiger charge is -2.31. The summed E-state index contributed by atoms with van der Waals surface area (Å²) < 4.78 is 5.51. The molecule has 1 aromatic heterocycles. The van der Waals surface area contributed by atoms with Crippen LogP contribution in [-0.2, 0) is 4.74 Å². The molecule has 0 aliphatic carbocycles. The molecule has 1 aliphatic rings. The standard InChI is InChI=1S/C16H23N3OS/c1-2-9-18-16(21)20-11-8-14-6-3-7-15(19-14)13-5-4-10-17-12-13/h2,4-5,10,12,14-15,19H,1,3,6-9,11H2,(H,18,21)/t14-,15-/m0/s1. The minimum absolute atomic E-state index is 0.406. The summed E-state index contributed by atoms with van der Waals surface area (Å²) >= 11 is 5.08. The van der Waals surface area contributed by atoms with Gasteiger partial charge in [-0.2, -0.15) is 0 Å². The van der Waals surface area contributed by atoms with Crippen LogP contribution in [0, 0.1) is 0 Å². The van der Waals surface area contributed by atoms with Gasteiger partial charge >= 0.3 is 0 Å². The largest absolute Gasteiger partial charge is 0.471 e. The fraction of sp³-hybridized carbons (Fsp3) is 0.500. The summed E-state index contributed by atoms with van der Waals surface area (Å²) in [4.78, 5) is 4.20. The highest BCUT2D eigenvalue weighted by atomic mass is 32.1. The van der Waals surface area contributed by atoms with E-state index >= 15 is 0 Å². The molecular formula is C16H23N3OS. The van der Waals surface area contributed by atoms with Crippen LogP contribution in [0.5, 0.6) is 0 Å². The Kier molecular flexibility index (Phi) is 6.63. The van der Waals surface area contributed by atoms with Crippen molar-refractivity contribution in [3.63, 3.8) is 0 Å². The van der Waals surface area contributed by atoms with Gasteiger partial charge < -0.3 is 15.4 Å². The highest BCUT2D eigenvalue weighted by Crippen LogP contribution is 2.25. The molecule has 1 aliphatic heterocycles. The van der Waals surface area contributed by atoms with Gasteiger partial charge in [0.1, 0.15) is 0 Å². The third-order valence-corrected chi connectivity index (χ3v) is 3.92. The monoisotopic (exact) mass is 305 g/mol. The Labute approximate surface area is 132 Å². The lowest BCUT2D eigenvalue weighted by Crippen LogP contribution is -2.38. The summed E-state index contributed by atoms with van der Waals surface area (Å²) in [5.74, 6) is 0. The van der Waals surface area contributed by atoms with E-state index in [1.807, 2.05) is 18.5 Å². The molecule has 0 spiro atoms. The normalized spacial score (nSPS) is 21.5. The molecule has 2 N–H and O–H groups in total. The molecule has 0 unspecified atom stereocenters. The first-order valence-electron chi connectivity index (χ1n) is 7.47. The Morgan fingerprint density at radius 1 is 1.57 bits per heavy atom. The Morgan fingerprint density at radius 2 is 2.48 bits per heavy atom. The maximum atomic E-state index is 5.51. The van der Waals surface area contributed by atoms with Crippen molar-refractivity contribution in [1.82, 2.24) is 15.6 Å². The molecule has 0 saturated carbocycles. The molecule has 2 heterocycles. The molecule has 5 heteroatoms. The van der Waals surface area contributed by atoms with E-state index in [-0.39, 0.29) is 0 Å². The van der Waals surface area contributed by atoms with Gasteiger partial charge in [0.05, 0.1) is 6.61 Å². The van der Waals surface area contributed by atoms with Gasteiger partial charge in [-0.3, -0.25) is 4.98 Å². The Balaban J connectivity index is 1.72.